The van der Waals surface area contributed by atoms with Crippen LogP contribution >= 0.6 is 19.4 Å². The molecule has 0 aliphatic heterocycles. The van der Waals surface area contributed by atoms with Gasteiger partial charge in [-0.1, -0.05) is 23.7 Å². The predicted molar refractivity (Wildman–Crippen MR) is 180 cm³/mol. The Morgan fingerprint density at radius 1 is 1.08 bits per heavy atom. The zero-order chi connectivity index (χ0) is 37.0. The summed E-state index contributed by atoms with van der Waals surface area (Å²) in [6.07, 6.45) is 0.472. The summed E-state index contributed by atoms with van der Waals surface area (Å²) in [4.78, 5) is 39.2. The molecule has 5 N–H and O–H groups in total. The molecule has 270 valence electrons. The molecule has 0 aliphatic carbocycles. The molecule has 51 heavy (non-hydrogen) atoms. The van der Waals surface area contributed by atoms with E-state index in [1.807, 2.05) is 0 Å². The molecule has 0 bridgehead atoms. The third-order valence-corrected chi connectivity index (χ3v) is 8.53. The summed E-state index contributed by atoms with van der Waals surface area (Å²) in [6, 6.07) is 19.0. The van der Waals surface area contributed by atoms with Crippen LogP contribution in [0.15, 0.2) is 83.5 Å². The maximum Gasteiger partial charge on any atom is 0.472 e. The Hall–Kier alpha value is -4.65. The number of carbonyl (C=O) groups excluding carboxylic acids is 1. The van der Waals surface area contributed by atoms with Crippen molar-refractivity contribution in [1.29, 1.82) is 0 Å². The van der Waals surface area contributed by atoms with E-state index in [0.29, 0.717) is 45.5 Å². The Kier molecular flexibility index (Phi) is 11.3. The highest BCUT2D eigenvalue weighted by molar-refractivity contribution is 7.90. The van der Waals surface area contributed by atoms with Crippen molar-refractivity contribution in [2.75, 3.05) is 24.1 Å². The zero-order valence-corrected chi connectivity index (χ0v) is 28.8. The number of halogens is 2. The van der Waals surface area contributed by atoms with Gasteiger partial charge in [0.1, 0.15) is 47.6 Å². The standard InChI is InChI=1S/C31H29ClFN4O12PS/c1-51(44,45)16-31(39,40)37(30(38)47-18-48-50(41,42)43)14-23-7-10-27(49-23)20-5-8-26-24(12-20)29(35-17-34-26)36-22-6-9-28(25(32)13-22)46-15-19-3-2-4-21(33)11-19/h2-13,17,39-40H,14-16,18H2,1H3,(H,34,35,36)(H2,41,42,43). The van der Waals surface area contributed by atoms with E-state index in [-0.39, 0.29) is 33.9 Å². The highest BCUT2D eigenvalue weighted by Gasteiger charge is 2.41. The van der Waals surface area contributed by atoms with Crippen LogP contribution in [0.3, 0.4) is 0 Å². The van der Waals surface area contributed by atoms with E-state index in [9.17, 15) is 32.4 Å². The minimum Gasteiger partial charge on any atom is -0.487 e. The van der Waals surface area contributed by atoms with Crippen LogP contribution in [0.25, 0.3) is 22.2 Å². The van der Waals surface area contributed by atoms with Gasteiger partial charge in [0.15, 0.2) is 9.84 Å². The molecule has 0 spiro atoms. The van der Waals surface area contributed by atoms with Crippen molar-refractivity contribution >= 4 is 57.8 Å². The Morgan fingerprint density at radius 2 is 1.86 bits per heavy atom. The molecule has 2 heterocycles. The van der Waals surface area contributed by atoms with Gasteiger partial charge >= 0.3 is 13.9 Å². The van der Waals surface area contributed by atoms with Crippen LogP contribution in [0.5, 0.6) is 5.75 Å². The minimum absolute atomic E-state index is 0.0593. The molecule has 0 atom stereocenters. The first-order valence-corrected chi connectivity index (χ1v) is 18.5. The SMILES string of the molecule is CS(=O)(=O)CC(O)(O)N(Cc1ccc(-c2ccc3ncnc(Nc4ccc(OCc5cccc(F)c5)c(Cl)c4)c3c2)o1)C(=O)OCOP(=O)(O)O. The number of carbonyl (C=O) groups is 1. The van der Waals surface area contributed by atoms with E-state index >= 15 is 0 Å². The van der Waals surface area contributed by atoms with Crippen molar-refractivity contribution in [3.8, 4) is 17.1 Å². The monoisotopic (exact) mass is 766 g/mol. The average Bonchev–Trinajstić information content (AvgIpc) is 3.50. The van der Waals surface area contributed by atoms with Crippen molar-refractivity contribution in [3.63, 3.8) is 0 Å². The molecule has 20 heteroatoms. The molecule has 0 saturated heterocycles. The highest BCUT2D eigenvalue weighted by atomic mass is 35.5. The lowest BCUT2D eigenvalue weighted by molar-refractivity contribution is -0.238. The zero-order valence-electron chi connectivity index (χ0n) is 26.3. The number of anilines is 2. The number of aromatic nitrogens is 2. The number of nitrogens with one attached hydrogen (secondary N) is 1. The lowest BCUT2D eigenvalue weighted by atomic mass is 10.1. The normalized spacial score (nSPS) is 12.1. The number of benzene rings is 3. The lowest BCUT2D eigenvalue weighted by Crippen LogP contribution is -2.55. The fourth-order valence-corrected chi connectivity index (χ4v) is 5.98. The van der Waals surface area contributed by atoms with E-state index in [2.05, 4.69) is 24.5 Å². The highest BCUT2D eigenvalue weighted by Crippen LogP contribution is 2.36. The summed E-state index contributed by atoms with van der Waals surface area (Å²) in [5.41, 5.74) is 2.26. The van der Waals surface area contributed by atoms with Gasteiger partial charge in [-0.15, -0.1) is 0 Å². The van der Waals surface area contributed by atoms with Gasteiger partial charge in [-0.3, -0.25) is 0 Å². The fraction of sp³-hybridized carbons (Fsp3) is 0.194. The number of rotatable bonds is 14. The summed E-state index contributed by atoms with van der Waals surface area (Å²) in [5.74, 6) is -4.07. The van der Waals surface area contributed by atoms with E-state index in [4.69, 9.17) is 30.5 Å². The first-order valence-electron chi connectivity index (χ1n) is 14.5. The predicted octanol–water partition coefficient (Wildman–Crippen LogP) is 4.69. The molecule has 0 radical (unpaired) electrons. The van der Waals surface area contributed by atoms with Crippen LogP contribution in [0, 0.1) is 5.82 Å². The number of sulfone groups is 1. The molecular formula is C31H29ClFN4O12PS. The van der Waals surface area contributed by atoms with Gasteiger partial charge in [-0.2, -0.15) is 0 Å². The molecule has 0 aliphatic rings. The second-order valence-electron chi connectivity index (χ2n) is 11.0. The van der Waals surface area contributed by atoms with Crippen LogP contribution in [-0.2, 0) is 36.8 Å². The minimum atomic E-state index is -5.05. The van der Waals surface area contributed by atoms with Crippen LogP contribution in [0.1, 0.15) is 11.3 Å². The van der Waals surface area contributed by atoms with Crippen LogP contribution in [0.2, 0.25) is 5.02 Å². The molecule has 0 fully saturated rings. The largest absolute Gasteiger partial charge is 0.487 e. The van der Waals surface area contributed by atoms with Crippen molar-refractivity contribution in [1.82, 2.24) is 14.9 Å². The molecule has 1 amide bonds. The molecule has 0 unspecified atom stereocenters. The van der Waals surface area contributed by atoms with Gasteiger partial charge in [0.05, 0.1) is 17.1 Å². The van der Waals surface area contributed by atoms with E-state index in [0.717, 1.165) is 0 Å². The average molecular weight is 767 g/mol. The summed E-state index contributed by atoms with van der Waals surface area (Å²) in [5, 5.41) is 25.1. The van der Waals surface area contributed by atoms with Gasteiger partial charge in [-0.25, -0.2) is 41.6 Å². The number of nitrogens with zero attached hydrogens (tertiary/aromatic N) is 3. The molecule has 5 aromatic rings. The second-order valence-corrected chi connectivity index (χ2v) is 14.8. The number of aliphatic hydroxyl groups is 2. The maximum atomic E-state index is 13.5. The second kappa shape index (κ2) is 15.3. The number of hydrogen-bond acceptors (Lipinski definition) is 13. The third-order valence-electron chi connectivity index (χ3n) is 6.89. The van der Waals surface area contributed by atoms with Gasteiger partial charge in [0, 0.05) is 22.9 Å². The number of hydrogen-bond donors (Lipinski definition) is 5. The van der Waals surface area contributed by atoms with E-state index < -0.39 is 48.8 Å². The molecule has 5 rings (SSSR count). The topological polar surface area (TPSA) is 231 Å². The molecular weight excluding hydrogens is 738 g/mol. The Morgan fingerprint density at radius 3 is 2.57 bits per heavy atom. The van der Waals surface area contributed by atoms with Crippen LogP contribution < -0.4 is 10.1 Å². The summed E-state index contributed by atoms with van der Waals surface area (Å²) in [6.45, 7) is -1.92. The van der Waals surface area contributed by atoms with Gasteiger partial charge in [-0.05, 0) is 66.2 Å². The van der Waals surface area contributed by atoms with E-state index in [1.165, 1.54) is 30.6 Å². The van der Waals surface area contributed by atoms with Crippen molar-refractivity contribution in [3.05, 3.63) is 101 Å². The van der Waals surface area contributed by atoms with Crippen LogP contribution in [0.4, 0.5) is 20.7 Å². The first kappa shape index (κ1) is 37.6. The van der Waals surface area contributed by atoms with Gasteiger partial charge in [0.25, 0.3) is 5.91 Å². The van der Waals surface area contributed by atoms with Gasteiger partial charge in [0.2, 0.25) is 6.79 Å². The van der Waals surface area contributed by atoms with E-state index in [1.54, 1.807) is 48.5 Å². The number of phosphoric ester groups is 1. The Bertz CT molecular complexity index is 2220. The molecule has 16 nitrogen and oxygen atoms in total. The fourth-order valence-electron chi connectivity index (χ4n) is 4.69. The maximum absolute atomic E-state index is 13.5. The van der Waals surface area contributed by atoms with Crippen molar-refractivity contribution < 1.29 is 60.6 Å². The Labute approximate surface area is 294 Å². The number of phosphoric acid groups is 1. The third kappa shape index (κ3) is 10.4. The number of amides is 1. The van der Waals surface area contributed by atoms with Crippen molar-refractivity contribution in [2.24, 2.45) is 0 Å². The smallest absolute Gasteiger partial charge is 0.472 e. The summed E-state index contributed by atoms with van der Waals surface area (Å²) >= 11 is 6.46. The summed E-state index contributed by atoms with van der Waals surface area (Å²) in [7, 11) is -9.13. The lowest BCUT2D eigenvalue weighted by Gasteiger charge is -2.33. The molecule has 2 aromatic heterocycles. The number of fused-ring (bicyclic) bond motifs is 1. The number of furan rings is 1. The molecule has 0 saturated carbocycles. The quantitative estimate of drug-likeness (QED) is 0.0762. The summed E-state index contributed by atoms with van der Waals surface area (Å²) < 4.78 is 68.3. The first-order chi connectivity index (χ1) is 24.0. The van der Waals surface area contributed by atoms with Crippen molar-refractivity contribution in [2.45, 2.75) is 19.1 Å². The Balaban J connectivity index is 1.34. The molecule has 3 aromatic carbocycles. The number of ether oxygens (including phenoxy) is 2. The van der Waals surface area contributed by atoms with Gasteiger partial charge < -0.3 is 39.2 Å². The van der Waals surface area contributed by atoms with Crippen LogP contribution in [-0.4, -0.2) is 74.1 Å².